The van der Waals surface area contributed by atoms with E-state index in [1.165, 1.54) is 24.8 Å². The Morgan fingerprint density at radius 3 is 2.90 bits per heavy atom. The first kappa shape index (κ1) is 20.8. The van der Waals surface area contributed by atoms with Gasteiger partial charge in [0.1, 0.15) is 17.4 Å². The monoisotopic (exact) mass is 411 g/mol. The maximum Gasteiger partial charge on any atom is 0.223 e. The molecule has 0 bridgehead atoms. The van der Waals surface area contributed by atoms with Crippen molar-refractivity contribution in [1.29, 1.82) is 0 Å². The van der Waals surface area contributed by atoms with E-state index in [0.717, 1.165) is 69.3 Å². The molecule has 7 nitrogen and oxygen atoms in total. The zero-order valence-electron chi connectivity index (χ0n) is 18.0. The van der Waals surface area contributed by atoms with E-state index in [-0.39, 0.29) is 11.8 Å². The molecule has 1 aliphatic carbocycles. The Labute approximate surface area is 178 Å². The number of hydrogen-bond donors (Lipinski definition) is 1. The molecular formula is C23H33N5O2. The van der Waals surface area contributed by atoms with Crippen LogP contribution in [0.15, 0.2) is 28.4 Å². The number of fused-ring (bicyclic) bond motifs is 1. The number of carbonyl (C=O) groups is 1. The molecular weight excluding hydrogens is 378 g/mol. The standard InChI is InChI=1S/C23H33N5O2/c1-18(16-20-8-5-15-30-20)17-27-12-10-22-26-25-21(28(22)14-13-27)9-11-24-23(29)19-6-3-2-4-7-19/h5,8,15-16,19H,2-4,6-7,9-14,17H2,1H3,(H,24,29). The van der Waals surface area contributed by atoms with Gasteiger partial charge in [0.15, 0.2) is 0 Å². The fourth-order valence-electron chi connectivity index (χ4n) is 4.59. The van der Waals surface area contributed by atoms with Gasteiger partial charge in [0, 0.05) is 51.5 Å². The van der Waals surface area contributed by atoms with Crippen LogP contribution >= 0.6 is 0 Å². The second-order valence-electron chi connectivity index (χ2n) is 8.59. The van der Waals surface area contributed by atoms with Crippen molar-refractivity contribution in [2.75, 3.05) is 26.2 Å². The van der Waals surface area contributed by atoms with Crippen LogP contribution in [-0.4, -0.2) is 51.8 Å². The number of amides is 1. The summed E-state index contributed by atoms with van der Waals surface area (Å²) in [5.41, 5.74) is 1.29. The minimum Gasteiger partial charge on any atom is -0.465 e. The third kappa shape index (κ3) is 5.39. The van der Waals surface area contributed by atoms with Crippen LogP contribution in [0, 0.1) is 5.92 Å². The molecule has 1 saturated carbocycles. The topological polar surface area (TPSA) is 76.2 Å². The third-order valence-electron chi connectivity index (χ3n) is 6.22. The molecule has 0 unspecified atom stereocenters. The molecule has 1 amide bonds. The van der Waals surface area contributed by atoms with Crippen molar-refractivity contribution in [3.63, 3.8) is 0 Å². The lowest BCUT2D eigenvalue weighted by atomic mass is 9.89. The maximum absolute atomic E-state index is 12.4. The average Bonchev–Trinajstić information content (AvgIpc) is 3.36. The first-order chi connectivity index (χ1) is 14.7. The van der Waals surface area contributed by atoms with Crippen LogP contribution in [0.2, 0.25) is 0 Å². The van der Waals surface area contributed by atoms with Crippen molar-refractivity contribution in [1.82, 2.24) is 25.0 Å². The van der Waals surface area contributed by atoms with Gasteiger partial charge in [-0.1, -0.05) is 24.8 Å². The largest absolute Gasteiger partial charge is 0.465 e. The number of nitrogens with one attached hydrogen (secondary N) is 1. The van der Waals surface area contributed by atoms with E-state index >= 15 is 0 Å². The van der Waals surface area contributed by atoms with Crippen LogP contribution in [0.5, 0.6) is 0 Å². The fraction of sp³-hybridized carbons (Fsp3) is 0.609. The highest BCUT2D eigenvalue weighted by Crippen LogP contribution is 2.23. The zero-order chi connectivity index (χ0) is 20.8. The summed E-state index contributed by atoms with van der Waals surface area (Å²) in [5.74, 6) is 3.37. The Kier molecular flexibility index (Phi) is 7.00. The molecule has 1 N–H and O–H groups in total. The van der Waals surface area contributed by atoms with Crippen LogP contribution < -0.4 is 5.32 Å². The summed E-state index contributed by atoms with van der Waals surface area (Å²) >= 11 is 0. The minimum atomic E-state index is 0.209. The smallest absolute Gasteiger partial charge is 0.223 e. The lowest BCUT2D eigenvalue weighted by molar-refractivity contribution is -0.125. The van der Waals surface area contributed by atoms with Gasteiger partial charge >= 0.3 is 0 Å². The average molecular weight is 412 g/mol. The van der Waals surface area contributed by atoms with Gasteiger partial charge in [0.05, 0.1) is 6.26 Å². The van der Waals surface area contributed by atoms with E-state index < -0.39 is 0 Å². The summed E-state index contributed by atoms with van der Waals surface area (Å²) in [5, 5.41) is 11.9. The summed E-state index contributed by atoms with van der Waals surface area (Å²) in [6.45, 7) is 6.54. The summed E-state index contributed by atoms with van der Waals surface area (Å²) in [6.07, 6.45) is 11.2. The van der Waals surface area contributed by atoms with Gasteiger partial charge in [-0.2, -0.15) is 0 Å². The van der Waals surface area contributed by atoms with Gasteiger partial charge in [0.25, 0.3) is 0 Å². The fourth-order valence-corrected chi connectivity index (χ4v) is 4.59. The molecule has 3 heterocycles. The normalized spacial score (nSPS) is 18.8. The van der Waals surface area contributed by atoms with Crippen molar-refractivity contribution in [3.05, 3.63) is 41.4 Å². The van der Waals surface area contributed by atoms with Gasteiger partial charge in [-0.05, 0) is 38.0 Å². The second kappa shape index (κ2) is 10.1. The van der Waals surface area contributed by atoms with Crippen molar-refractivity contribution in [3.8, 4) is 0 Å². The lowest BCUT2D eigenvalue weighted by Gasteiger charge is -2.21. The molecule has 0 atom stereocenters. The summed E-state index contributed by atoms with van der Waals surface area (Å²) in [4.78, 5) is 14.8. The summed E-state index contributed by atoms with van der Waals surface area (Å²) < 4.78 is 7.67. The summed E-state index contributed by atoms with van der Waals surface area (Å²) in [6, 6.07) is 3.89. The molecule has 0 aromatic carbocycles. The highest BCUT2D eigenvalue weighted by atomic mass is 16.3. The van der Waals surface area contributed by atoms with Gasteiger partial charge in [-0.15, -0.1) is 10.2 Å². The van der Waals surface area contributed by atoms with Gasteiger partial charge in [-0.25, -0.2) is 0 Å². The molecule has 0 radical (unpaired) electrons. The van der Waals surface area contributed by atoms with Crippen molar-refractivity contribution >= 4 is 12.0 Å². The molecule has 2 aliphatic rings. The predicted octanol–water partition coefficient (Wildman–Crippen LogP) is 3.07. The SMILES string of the molecule is CC(=Cc1ccco1)CN1CCc2nnc(CCNC(=O)C3CCCCC3)n2CC1. The number of carbonyl (C=O) groups excluding carboxylic acids is 1. The van der Waals surface area contributed by atoms with Crippen molar-refractivity contribution in [2.45, 2.75) is 58.4 Å². The van der Waals surface area contributed by atoms with Crippen LogP contribution in [0.25, 0.3) is 6.08 Å². The van der Waals surface area contributed by atoms with Gasteiger partial charge in [0.2, 0.25) is 5.91 Å². The minimum absolute atomic E-state index is 0.209. The Balaban J connectivity index is 1.27. The molecule has 0 saturated heterocycles. The van der Waals surface area contributed by atoms with Gasteiger partial charge in [-0.3, -0.25) is 9.69 Å². The van der Waals surface area contributed by atoms with Crippen molar-refractivity contribution < 1.29 is 9.21 Å². The predicted molar refractivity (Wildman–Crippen MR) is 116 cm³/mol. The molecule has 4 rings (SSSR count). The lowest BCUT2D eigenvalue weighted by Crippen LogP contribution is -2.33. The number of rotatable bonds is 7. The number of nitrogens with zero attached hydrogens (tertiary/aromatic N) is 4. The maximum atomic E-state index is 12.4. The molecule has 2 aromatic heterocycles. The van der Waals surface area contributed by atoms with E-state index in [1.54, 1.807) is 6.26 Å². The quantitative estimate of drug-likeness (QED) is 0.758. The molecule has 1 aliphatic heterocycles. The number of aromatic nitrogens is 3. The third-order valence-corrected chi connectivity index (χ3v) is 6.22. The van der Waals surface area contributed by atoms with Crippen LogP contribution in [0.4, 0.5) is 0 Å². The Hall–Kier alpha value is -2.41. The zero-order valence-corrected chi connectivity index (χ0v) is 18.0. The highest BCUT2D eigenvalue weighted by molar-refractivity contribution is 5.78. The van der Waals surface area contributed by atoms with Crippen LogP contribution in [0.1, 0.15) is 56.4 Å². The molecule has 7 heteroatoms. The number of furan rings is 1. The Morgan fingerprint density at radius 1 is 1.23 bits per heavy atom. The molecule has 162 valence electrons. The first-order valence-electron chi connectivity index (χ1n) is 11.3. The van der Waals surface area contributed by atoms with Gasteiger partial charge < -0.3 is 14.3 Å². The van der Waals surface area contributed by atoms with E-state index in [9.17, 15) is 4.79 Å². The Bertz CT molecular complexity index is 849. The second-order valence-corrected chi connectivity index (χ2v) is 8.59. The molecule has 2 aromatic rings. The van der Waals surface area contributed by atoms with E-state index in [4.69, 9.17) is 4.42 Å². The van der Waals surface area contributed by atoms with Crippen molar-refractivity contribution in [2.24, 2.45) is 5.92 Å². The molecule has 0 spiro atoms. The summed E-state index contributed by atoms with van der Waals surface area (Å²) in [7, 11) is 0. The first-order valence-corrected chi connectivity index (χ1v) is 11.3. The van der Waals surface area contributed by atoms with Crippen LogP contribution in [0.3, 0.4) is 0 Å². The Morgan fingerprint density at radius 2 is 2.10 bits per heavy atom. The van der Waals surface area contributed by atoms with E-state index in [0.29, 0.717) is 6.54 Å². The number of hydrogen-bond acceptors (Lipinski definition) is 5. The molecule has 30 heavy (non-hydrogen) atoms. The van der Waals surface area contributed by atoms with E-state index in [2.05, 4.69) is 38.0 Å². The molecule has 1 fully saturated rings. The highest BCUT2D eigenvalue weighted by Gasteiger charge is 2.22. The van der Waals surface area contributed by atoms with Crippen LogP contribution in [-0.2, 0) is 24.2 Å². The van der Waals surface area contributed by atoms with E-state index in [1.807, 2.05) is 12.1 Å².